The normalized spacial score (nSPS) is 11.3. The summed E-state index contributed by atoms with van der Waals surface area (Å²) < 4.78 is 43.4. The Morgan fingerprint density at radius 1 is 0.875 bits per heavy atom. The first-order valence-corrected chi connectivity index (χ1v) is 7.19. The van der Waals surface area contributed by atoms with Gasteiger partial charge in [-0.05, 0) is 23.3 Å². The molecule has 0 N–H and O–H groups in total. The van der Waals surface area contributed by atoms with Gasteiger partial charge in [-0.3, -0.25) is 0 Å². The van der Waals surface area contributed by atoms with E-state index in [0.717, 1.165) is 17.7 Å². The molecule has 0 saturated carbocycles. The van der Waals surface area contributed by atoms with Gasteiger partial charge < -0.3 is 4.74 Å². The van der Waals surface area contributed by atoms with Crippen LogP contribution in [0.3, 0.4) is 0 Å². The van der Waals surface area contributed by atoms with Crippen LogP contribution in [0.25, 0.3) is 11.1 Å². The Balaban J connectivity index is 1.75. The Bertz CT molecular complexity index is 802. The summed E-state index contributed by atoms with van der Waals surface area (Å²) in [5.41, 5.74) is 1.55. The summed E-state index contributed by atoms with van der Waals surface area (Å²) in [7, 11) is 0. The van der Waals surface area contributed by atoms with Crippen molar-refractivity contribution in [1.82, 2.24) is 10.2 Å². The molecule has 24 heavy (non-hydrogen) atoms. The van der Waals surface area contributed by atoms with E-state index in [9.17, 15) is 13.2 Å². The first kappa shape index (κ1) is 16.0. The zero-order valence-corrected chi connectivity index (χ0v) is 12.5. The van der Waals surface area contributed by atoms with E-state index >= 15 is 0 Å². The zero-order chi connectivity index (χ0) is 17.0. The van der Waals surface area contributed by atoms with Crippen molar-refractivity contribution in [3.05, 3.63) is 78.0 Å². The molecule has 0 bridgehead atoms. The highest BCUT2D eigenvalue weighted by molar-refractivity contribution is 5.63. The molecule has 0 fully saturated rings. The second kappa shape index (κ2) is 6.70. The maximum atomic E-state index is 12.6. The second-order valence-corrected chi connectivity index (χ2v) is 5.13. The third-order valence-corrected chi connectivity index (χ3v) is 3.41. The van der Waals surface area contributed by atoms with Crippen LogP contribution < -0.4 is 4.74 Å². The van der Waals surface area contributed by atoms with Crippen molar-refractivity contribution >= 4 is 0 Å². The summed E-state index contributed by atoms with van der Waals surface area (Å²) in [4.78, 5) is 0. The van der Waals surface area contributed by atoms with E-state index < -0.39 is 11.7 Å². The van der Waals surface area contributed by atoms with Crippen LogP contribution in [-0.2, 0) is 12.8 Å². The molecule has 0 saturated heterocycles. The molecular formula is C18H13F3N2O. The van der Waals surface area contributed by atoms with E-state index in [4.69, 9.17) is 4.74 Å². The topological polar surface area (TPSA) is 35.0 Å². The molecule has 0 spiro atoms. The number of ether oxygens (including phenoxy) is 1. The maximum absolute atomic E-state index is 12.6. The molecule has 3 rings (SSSR count). The highest BCUT2D eigenvalue weighted by Crippen LogP contribution is 2.31. The van der Waals surface area contributed by atoms with E-state index in [-0.39, 0.29) is 0 Å². The van der Waals surface area contributed by atoms with Crippen molar-refractivity contribution in [3.63, 3.8) is 0 Å². The first-order chi connectivity index (χ1) is 11.5. The summed E-state index contributed by atoms with van der Waals surface area (Å²) in [6.07, 6.45) is -2.86. The van der Waals surface area contributed by atoms with Gasteiger partial charge in [0.15, 0.2) is 0 Å². The molecule has 0 aliphatic heterocycles. The van der Waals surface area contributed by atoms with E-state index in [1.807, 2.05) is 30.3 Å². The van der Waals surface area contributed by atoms with Crippen LogP contribution in [0.15, 0.2) is 66.9 Å². The van der Waals surface area contributed by atoms with Crippen molar-refractivity contribution < 1.29 is 17.9 Å². The monoisotopic (exact) mass is 330 g/mol. The molecule has 1 aromatic heterocycles. The number of hydrogen-bond acceptors (Lipinski definition) is 3. The summed E-state index contributed by atoms with van der Waals surface area (Å²) in [6, 6.07) is 16.1. The fraction of sp³-hybridized carbons (Fsp3) is 0.111. The van der Waals surface area contributed by atoms with E-state index in [2.05, 4.69) is 10.2 Å². The van der Waals surface area contributed by atoms with Crippen molar-refractivity contribution in [2.45, 2.75) is 12.8 Å². The Morgan fingerprint density at radius 3 is 2.25 bits per heavy atom. The highest BCUT2D eigenvalue weighted by Gasteiger charge is 2.29. The van der Waals surface area contributed by atoms with E-state index in [0.29, 0.717) is 23.6 Å². The Morgan fingerprint density at radius 2 is 1.58 bits per heavy atom. The van der Waals surface area contributed by atoms with Gasteiger partial charge in [0.1, 0.15) is 6.61 Å². The largest absolute Gasteiger partial charge is 0.472 e. The SMILES string of the molecule is FC(F)(F)c1ccc(-c2cnnc(OCc3ccccc3)c2)cc1. The van der Waals surface area contributed by atoms with Crippen LogP contribution in [-0.4, -0.2) is 10.2 Å². The predicted octanol–water partition coefficient (Wildman–Crippen LogP) is 4.74. The molecule has 0 atom stereocenters. The van der Waals surface area contributed by atoms with E-state index in [1.54, 1.807) is 6.07 Å². The summed E-state index contributed by atoms with van der Waals surface area (Å²) in [5.74, 6) is 0.316. The van der Waals surface area contributed by atoms with Crippen LogP contribution in [0, 0.1) is 0 Å². The van der Waals surface area contributed by atoms with Gasteiger partial charge in [-0.2, -0.15) is 18.3 Å². The molecule has 122 valence electrons. The average Bonchev–Trinajstić information content (AvgIpc) is 2.60. The Kier molecular flexibility index (Phi) is 4.46. The lowest BCUT2D eigenvalue weighted by atomic mass is 10.1. The second-order valence-electron chi connectivity index (χ2n) is 5.13. The van der Waals surface area contributed by atoms with Gasteiger partial charge in [-0.25, -0.2) is 0 Å². The quantitative estimate of drug-likeness (QED) is 0.693. The molecule has 1 heterocycles. The van der Waals surface area contributed by atoms with Crippen LogP contribution >= 0.6 is 0 Å². The third-order valence-electron chi connectivity index (χ3n) is 3.41. The third kappa shape index (κ3) is 3.90. The molecule has 2 aromatic carbocycles. The lowest BCUT2D eigenvalue weighted by Gasteiger charge is -2.09. The molecule has 3 nitrogen and oxygen atoms in total. The number of aromatic nitrogens is 2. The fourth-order valence-corrected chi connectivity index (χ4v) is 2.16. The van der Waals surface area contributed by atoms with Gasteiger partial charge in [0, 0.05) is 11.6 Å². The minimum atomic E-state index is -4.35. The lowest BCUT2D eigenvalue weighted by molar-refractivity contribution is -0.137. The van der Waals surface area contributed by atoms with Crippen molar-refractivity contribution in [3.8, 4) is 17.0 Å². The number of nitrogens with zero attached hydrogens (tertiary/aromatic N) is 2. The predicted molar refractivity (Wildman–Crippen MR) is 83.2 cm³/mol. The smallest absolute Gasteiger partial charge is 0.416 e. The fourth-order valence-electron chi connectivity index (χ4n) is 2.16. The standard InChI is InChI=1S/C18H13F3N2O/c19-18(20,21)16-8-6-14(7-9-16)15-10-17(23-22-11-15)24-12-13-4-2-1-3-5-13/h1-11H,12H2. The first-order valence-electron chi connectivity index (χ1n) is 7.19. The van der Waals surface area contributed by atoms with Gasteiger partial charge in [-0.1, -0.05) is 42.5 Å². The molecule has 3 aromatic rings. The zero-order valence-electron chi connectivity index (χ0n) is 12.5. The summed E-state index contributed by atoms with van der Waals surface area (Å²) in [6.45, 7) is 0.339. The van der Waals surface area contributed by atoms with E-state index in [1.165, 1.54) is 18.3 Å². The minimum Gasteiger partial charge on any atom is -0.472 e. The lowest BCUT2D eigenvalue weighted by Crippen LogP contribution is -2.04. The Labute approximate surface area is 136 Å². The molecule has 0 unspecified atom stereocenters. The van der Waals surface area contributed by atoms with Gasteiger partial charge in [-0.15, -0.1) is 5.10 Å². The number of benzene rings is 2. The van der Waals surface area contributed by atoms with Crippen LogP contribution in [0.1, 0.15) is 11.1 Å². The minimum absolute atomic E-state index is 0.316. The van der Waals surface area contributed by atoms with Crippen molar-refractivity contribution in [1.29, 1.82) is 0 Å². The van der Waals surface area contributed by atoms with Crippen molar-refractivity contribution in [2.24, 2.45) is 0 Å². The van der Waals surface area contributed by atoms with Gasteiger partial charge >= 0.3 is 6.18 Å². The van der Waals surface area contributed by atoms with Gasteiger partial charge in [0.2, 0.25) is 5.88 Å². The average molecular weight is 330 g/mol. The highest BCUT2D eigenvalue weighted by atomic mass is 19.4. The van der Waals surface area contributed by atoms with Crippen LogP contribution in [0.2, 0.25) is 0 Å². The molecule has 0 aliphatic rings. The van der Waals surface area contributed by atoms with Crippen molar-refractivity contribution in [2.75, 3.05) is 0 Å². The van der Waals surface area contributed by atoms with Gasteiger partial charge in [0.25, 0.3) is 0 Å². The molecule has 0 amide bonds. The number of halogens is 3. The molecular weight excluding hydrogens is 317 g/mol. The number of rotatable bonds is 4. The van der Waals surface area contributed by atoms with Crippen LogP contribution in [0.4, 0.5) is 13.2 Å². The molecule has 0 aliphatic carbocycles. The number of alkyl halides is 3. The maximum Gasteiger partial charge on any atom is 0.416 e. The summed E-state index contributed by atoms with van der Waals surface area (Å²) in [5, 5.41) is 7.73. The Hall–Kier alpha value is -2.89. The summed E-state index contributed by atoms with van der Waals surface area (Å²) >= 11 is 0. The molecule has 6 heteroatoms. The number of hydrogen-bond donors (Lipinski definition) is 0. The van der Waals surface area contributed by atoms with Crippen LogP contribution in [0.5, 0.6) is 5.88 Å². The van der Waals surface area contributed by atoms with Gasteiger partial charge in [0.05, 0.1) is 11.8 Å². The molecule has 0 radical (unpaired) electrons.